The van der Waals surface area contributed by atoms with Crippen LogP contribution in [0.3, 0.4) is 0 Å². The molecule has 0 bridgehead atoms. The van der Waals surface area contributed by atoms with Crippen molar-refractivity contribution in [1.82, 2.24) is 10.6 Å². The van der Waals surface area contributed by atoms with E-state index in [2.05, 4.69) is 10.6 Å². The fourth-order valence-corrected chi connectivity index (χ4v) is 1.40. The molecule has 4 nitrogen and oxygen atoms in total. The van der Waals surface area contributed by atoms with Gasteiger partial charge in [-0.1, -0.05) is 0 Å². The molecule has 1 saturated heterocycles. The number of β-amino-alcohol motifs (C(OH)–C–C–N with tert-alkyl or cyclic N) is 1. The second-order valence-corrected chi connectivity index (χ2v) is 3.15. The zero-order chi connectivity index (χ0) is 7.19. The molecule has 0 radical (unpaired) electrons. The second-order valence-electron chi connectivity index (χ2n) is 3.15. The van der Waals surface area contributed by atoms with E-state index < -0.39 is 6.23 Å². The summed E-state index contributed by atoms with van der Waals surface area (Å²) in [6.45, 7) is 1.21. The van der Waals surface area contributed by atoms with Gasteiger partial charge in [0.2, 0.25) is 0 Å². The van der Waals surface area contributed by atoms with E-state index in [9.17, 15) is 0 Å². The minimum atomic E-state index is -0.446. The molecule has 0 aromatic carbocycles. The first kappa shape index (κ1) is 6.54. The topological polar surface area (TPSA) is 64.5 Å². The van der Waals surface area contributed by atoms with Gasteiger partial charge in [-0.05, 0) is 6.42 Å². The molecule has 2 rings (SSSR count). The lowest BCUT2D eigenvalue weighted by atomic mass is 10.2. The van der Waals surface area contributed by atoms with Gasteiger partial charge in [-0.15, -0.1) is 0 Å². The molecule has 0 aromatic rings. The Kier molecular flexibility index (Phi) is 1.25. The third kappa shape index (κ3) is 0.845. The Morgan fingerprint density at radius 2 is 2.10 bits per heavy atom. The number of rotatable bonds is 0. The lowest BCUT2D eigenvalue weighted by molar-refractivity contribution is 0.0887. The molecule has 1 aliphatic heterocycles. The molecule has 1 heterocycles. The molecule has 0 aromatic heterocycles. The quantitative estimate of drug-likeness (QED) is 0.317. The van der Waals surface area contributed by atoms with Gasteiger partial charge in [0.05, 0.1) is 11.6 Å². The molecule has 0 amide bonds. The van der Waals surface area contributed by atoms with Crippen LogP contribution in [0, 0.1) is 0 Å². The highest BCUT2D eigenvalue weighted by Gasteiger charge is 2.54. The summed E-state index contributed by atoms with van der Waals surface area (Å²) in [5.41, 5.74) is -0.0980. The van der Waals surface area contributed by atoms with E-state index in [0.717, 1.165) is 6.42 Å². The van der Waals surface area contributed by atoms with Crippen LogP contribution in [-0.2, 0) is 0 Å². The maximum atomic E-state index is 9.14. The minimum absolute atomic E-state index is 0.0980. The van der Waals surface area contributed by atoms with Crippen molar-refractivity contribution < 1.29 is 10.2 Å². The zero-order valence-electron chi connectivity index (χ0n) is 5.67. The molecule has 4 N–H and O–H groups in total. The van der Waals surface area contributed by atoms with E-state index in [0.29, 0.717) is 13.1 Å². The number of piperazine rings is 1. The molecule has 10 heavy (non-hydrogen) atoms. The largest absolute Gasteiger partial charge is 0.391 e. The highest BCUT2D eigenvalue weighted by Crippen LogP contribution is 2.36. The fraction of sp³-hybridized carbons (Fsp3) is 1.00. The van der Waals surface area contributed by atoms with Crippen LogP contribution in [0.25, 0.3) is 0 Å². The summed E-state index contributed by atoms with van der Waals surface area (Å²) in [6.07, 6.45) is 0.151. The van der Waals surface area contributed by atoms with Crippen LogP contribution < -0.4 is 10.6 Å². The van der Waals surface area contributed by atoms with Crippen molar-refractivity contribution in [3.05, 3.63) is 0 Å². The third-order valence-electron chi connectivity index (χ3n) is 2.34. The van der Waals surface area contributed by atoms with E-state index in [4.69, 9.17) is 10.2 Å². The highest BCUT2D eigenvalue weighted by atomic mass is 16.3. The molecule has 4 heteroatoms. The highest BCUT2D eigenvalue weighted by molar-refractivity contribution is 5.14. The summed E-state index contributed by atoms with van der Waals surface area (Å²) < 4.78 is 0. The van der Waals surface area contributed by atoms with Crippen molar-refractivity contribution in [3.8, 4) is 0 Å². The van der Waals surface area contributed by atoms with E-state index in [-0.39, 0.29) is 11.6 Å². The lowest BCUT2D eigenvalue weighted by Crippen LogP contribution is -2.57. The van der Waals surface area contributed by atoms with Crippen molar-refractivity contribution in [2.75, 3.05) is 13.1 Å². The lowest BCUT2D eigenvalue weighted by Gasteiger charge is -2.28. The van der Waals surface area contributed by atoms with E-state index in [1.807, 2.05) is 0 Å². The first-order valence-electron chi connectivity index (χ1n) is 3.57. The molecular formula is C6H12N2O2. The van der Waals surface area contributed by atoms with E-state index >= 15 is 0 Å². The first-order valence-corrected chi connectivity index (χ1v) is 3.57. The monoisotopic (exact) mass is 144 g/mol. The van der Waals surface area contributed by atoms with Crippen molar-refractivity contribution in [1.29, 1.82) is 0 Å². The minimum Gasteiger partial charge on any atom is -0.391 e. The van der Waals surface area contributed by atoms with Crippen LogP contribution in [-0.4, -0.2) is 41.2 Å². The Labute approximate surface area is 59.2 Å². The van der Waals surface area contributed by atoms with Crippen molar-refractivity contribution in [2.24, 2.45) is 0 Å². The van der Waals surface area contributed by atoms with Gasteiger partial charge in [0.1, 0.15) is 6.23 Å². The molecule has 2 aliphatic rings. The Hall–Kier alpha value is -0.160. The van der Waals surface area contributed by atoms with Crippen LogP contribution >= 0.6 is 0 Å². The average Bonchev–Trinajstić information content (AvgIpc) is 2.53. The number of hydrogen-bond acceptors (Lipinski definition) is 4. The van der Waals surface area contributed by atoms with Gasteiger partial charge >= 0.3 is 0 Å². The van der Waals surface area contributed by atoms with Gasteiger partial charge in [-0.3, -0.25) is 5.32 Å². The van der Waals surface area contributed by atoms with E-state index in [1.165, 1.54) is 0 Å². The van der Waals surface area contributed by atoms with Crippen molar-refractivity contribution in [3.63, 3.8) is 0 Å². The summed E-state index contributed by atoms with van der Waals surface area (Å²) >= 11 is 0. The zero-order valence-corrected chi connectivity index (χ0v) is 5.67. The summed E-state index contributed by atoms with van der Waals surface area (Å²) in [4.78, 5) is 0. The summed E-state index contributed by atoms with van der Waals surface area (Å²) in [7, 11) is 0. The predicted octanol–water partition coefficient (Wildman–Crippen LogP) is -2.00. The van der Waals surface area contributed by atoms with Crippen LogP contribution in [0.15, 0.2) is 0 Å². The molecule has 1 saturated carbocycles. The van der Waals surface area contributed by atoms with Gasteiger partial charge in [-0.2, -0.15) is 0 Å². The Bertz CT molecular complexity index is 143. The standard InChI is InChI=1S/C6H12N2O2/c9-4-1-6(4)3-7-5(10)2-8-6/h4-5,7-10H,1-3H2. The predicted molar refractivity (Wildman–Crippen MR) is 35.4 cm³/mol. The molecular weight excluding hydrogens is 132 g/mol. The SMILES string of the molecule is OC1CNC2(CN1)CC2O. The number of nitrogens with one attached hydrogen (secondary N) is 2. The van der Waals surface area contributed by atoms with Crippen LogP contribution in [0.2, 0.25) is 0 Å². The van der Waals surface area contributed by atoms with Crippen LogP contribution in [0.1, 0.15) is 6.42 Å². The Morgan fingerprint density at radius 1 is 1.40 bits per heavy atom. The number of aliphatic hydroxyl groups is 2. The molecule has 1 spiro atoms. The van der Waals surface area contributed by atoms with Gasteiger partial charge < -0.3 is 15.5 Å². The number of aliphatic hydroxyl groups excluding tert-OH is 2. The number of hydrogen-bond donors (Lipinski definition) is 4. The summed E-state index contributed by atoms with van der Waals surface area (Å²) in [5, 5.41) is 24.1. The second kappa shape index (κ2) is 1.92. The molecule has 3 atom stereocenters. The van der Waals surface area contributed by atoms with Gasteiger partial charge in [0, 0.05) is 13.1 Å². The van der Waals surface area contributed by atoms with Gasteiger partial charge in [0.25, 0.3) is 0 Å². The maximum absolute atomic E-state index is 9.14. The normalized spacial score (nSPS) is 53.4. The molecule has 3 unspecified atom stereocenters. The molecule has 1 aliphatic carbocycles. The third-order valence-corrected chi connectivity index (χ3v) is 2.34. The van der Waals surface area contributed by atoms with Crippen LogP contribution in [0.5, 0.6) is 0 Å². The smallest absolute Gasteiger partial charge is 0.117 e. The fourth-order valence-electron chi connectivity index (χ4n) is 1.40. The summed E-state index contributed by atoms with van der Waals surface area (Å²) in [6, 6.07) is 0. The maximum Gasteiger partial charge on any atom is 0.117 e. The van der Waals surface area contributed by atoms with E-state index in [1.54, 1.807) is 0 Å². The van der Waals surface area contributed by atoms with Gasteiger partial charge in [-0.25, -0.2) is 0 Å². The first-order chi connectivity index (χ1) is 4.73. The van der Waals surface area contributed by atoms with Gasteiger partial charge in [0.15, 0.2) is 0 Å². The summed E-state index contributed by atoms with van der Waals surface area (Å²) in [5.74, 6) is 0. The molecule has 2 fully saturated rings. The average molecular weight is 144 g/mol. The van der Waals surface area contributed by atoms with Crippen molar-refractivity contribution >= 4 is 0 Å². The molecule has 58 valence electrons. The Morgan fingerprint density at radius 3 is 2.50 bits per heavy atom. The Balaban J connectivity index is 1.93. The van der Waals surface area contributed by atoms with Crippen molar-refractivity contribution in [2.45, 2.75) is 24.3 Å². The van der Waals surface area contributed by atoms with Crippen LogP contribution in [0.4, 0.5) is 0 Å².